The molecule has 0 spiro atoms. The standard InChI is InChI=1S/C22H28F3N3O/c23-22(24,25)19-8-6-18(7-9-19)15-27-10-12-28(13-11-27)16-21(29)20(26)14-17-4-2-1-3-5-17/h1-9,20-21,29H,10-16,26H2. The summed E-state index contributed by atoms with van der Waals surface area (Å²) in [6.45, 7) is 4.37. The average molecular weight is 407 g/mol. The molecule has 2 aromatic rings. The minimum Gasteiger partial charge on any atom is -0.390 e. The molecule has 0 saturated carbocycles. The van der Waals surface area contributed by atoms with Gasteiger partial charge >= 0.3 is 6.18 Å². The van der Waals surface area contributed by atoms with E-state index >= 15 is 0 Å². The van der Waals surface area contributed by atoms with Crippen LogP contribution in [0.25, 0.3) is 0 Å². The van der Waals surface area contributed by atoms with E-state index in [1.165, 1.54) is 0 Å². The molecule has 0 aliphatic carbocycles. The van der Waals surface area contributed by atoms with Gasteiger partial charge in [-0.1, -0.05) is 42.5 Å². The van der Waals surface area contributed by atoms with Crippen molar-refractivity contribution in [3.63, 3.8) is 0 Å². The molecule has 1 aliphatic rings. The number of nitrogens with two attached hydrogens (primary N) is 1. The van der Waals surface area contributed by atoms with E-state index in [4.69, 9.17) is 5.73 Å². The van der Waals surface area contributed by atoms with Crippen LogP contribution in [0.5, 0.6) is 0 Å². The second-order valence-electron chi connectivity index (χ2n) is 7.69. The molecular formula is C22H28F3N3O. The molecule has 4 nitrogen and oxygen atoms in total. The zero-order valence-corrected chi connectivity index (χ0v) is 16.4. The van der Waals surface area contributed by atoms with Gasteiger partial charge in [-0.3, -0.25) is 9.80 Å². The molecule has 0 amide bonds. The Morgan fingerprint density at radius 1 is 0.862 bits per heavy atom. The Kier molecular flexibility index (Phi) is 7.29. The van der Waals surface area contributed by atoms with Crippen LogP contribution < -0.4 is 5.73 Å². The molecule has 1 heterocycles. The fourth-order valence-corrected chi connectivity index (χ4v) is 3.61. The van der Waals surface area contributed by atoms with Gasteiger partial charge in [0.25, 0.3) is 0 Å². The third kappa shape index (κ3) is 6.54. The first-order valence-electron chi connectivity index (χ1n) is 9.89. The Hall–Kier alpha value is -1.93. The molecule has 0 radical (unpaired) electrons. The summed E-state index contributed by atoms with van der Waals surface area (Å²) in [5.41, 5.74) is 7.54. The number of benzene rings is 2. The summed E-state index contributed by atoms with van der Waals surface area (Å²) in [4.78, 5) is 4.41. The van der Waals surface area contributed by atoms with E-state index in [1.807, 2.05) is 30.3 Å². The number of hydrogen-bond donors (Lipinski definition) is 2. The third-order valence-electron chi connectivity index (χ3n) is 5.41. The second kappa shape index (κ2) is 9.71. The SMILES string of the molecule is NC(Cc1ccccc1)C(O)CN1CCN(Cc2ccc(C(F)(F)F)cc2)CC1. The van der Waals surface area contributed by atoms with E-state index in [0.717, 1.165) is 49.4 Å². The number of rotatable bonds is 7. The quantitative estimate of drug-likeness (QED) is 0.741. The number of aliphatic hydroxyl groups is 1. The summed E-state index contributed by atoms with van der Waals surface area (Å²) in [5.74, 6) is 0. The molecule has 2 atom stereocenters. The van der Waals surface area contributed by atoms with Crippen molar-refractivity contribution in [1.29, 1.82) is 0 Å². The highest BCUT2D eigenvalue weighted by Gasteiger charge is 2.30. The lowest BCUT2D eigenvalue weighted by Crippen LogP contribution is -2.51. The lowest BCUT2D eigenvalue weighted by Gasteiger charge is -2.36. The van der Waals surface area contributed by atoms with Crippen LogP contribution >= 0.6 is 0 Å². The predicted octanol–water partition coefficient (Wildman–Crippen LogP) is 2.75. The largest absolute Gasteiger partial charge is 0.416 e. The topological polar surface area (TPSA) is 52.7 Å². The van der Waals surface area contributed by atoms with Crippen molar-refractivity contribution in [3.8, 4) is 0 Å². The summed E-state index contributed by atoms with van der Waals surface area (Å²) >= 11 is 0. The van der Waals surface area contributed by atoms with Crippen molar-refractivity contribution >= 4 is 0 Å². The second-order valence-corrected chi connectivity index (χ2v) is 7.69. The molecule has 29 heavy (non-hydrogen) atoms. The summed E-state index contributed by atoms with van der Waals surface area (Å²) in [6, 6.07) is 14.9. The fourth-order valence-electron chi connectivity index (χ4n) is 3.61. The van der Waals surface area contributed by atoms with Gasteiger partial charge < -0.3 is 10.8 Å². The number of alkyl halides is 3. The van der Waals surface area contributed by atoms with Crippen molar-refractivity contribution in [2.24, 2.45) is 5.73 Å². The van der Waals surface area contributed by atoms with E-state index < -0.39 is 17.8 Å². The fraction of sp³-hybridized carbons (Fsp3) is 0.455. The van der Waals surface area contributed by atoms with Crippen LogP contribution in [0.15, 0.2) is 54.6 Å². The molecule has 0 aromatic heterocycles. The van der Waals surface area contributed by atoms with Crippen molar-refractivity contribution in [2.75, 3.05) is 32.7 Å². The molecule has 1 fully saturated rings. The van der Waals surface area contributed by atoms with Gasteiger partial charge in [-0.15, -0.1) is 0 Å². The van der Waals surface area contributed by atoms with Crippen LogP contribution in [0, 0.1) is 0 Å². The number of halogens is 3. The van der Waals surface area contributed by atoms with Crippen LogP contribution in [0.3, 0.4) is 0 Å². The van der Waals surface area contributed by atoms with Crippen molar-refractivity contribution < 1.29 is 18.3 Å². The highest BCUT2D eigenvalue weighted by Crippen LogP contribution is 2.29. The summed E-state index contributed by atoms with van der Waals surface area (Å²) in [6.07, 6.45) is -4.26. The minimum atomic E-state index is -4.30. The molecule has 3 rings (SSSR count). The third-order valence-corrected chi connectivity index (χ3v) is 5.41. The maximum Gasteiger partial charge on any atom is 0.416 e. The number of piperazine rings is 1. The van der Waals surface area contributed by atoms with Gasteiger partial charge in [-0.25, -0.2) is 0 Å². The molecule has 7 heteroatoms. The van der Waals surface area contributed by atoms with E-state index in [0.29, 0.717) is 19.5 Å². The first kappa shape index (κ1) is 21.8. The zero-order valence-electron chi connectivity index (χ0n) is 16.4. The lowest BCUT2D eigenvalue weighted by molar-refractivity contribution is -0.137. The monoisotopic (exact) mass is 407 g/mol. The van der Waals surface area contributed by atoms with Crippen LogP contribution in [0.1, 0.15) is 16.7 Å². The van der Waals surface area contributed by atoms with Gasteiger partial charge in [0.05, 0.1) is 11.7 Å². The van der Waals surface area contributed by atoms with Gasteiger partial charge in [0.1, 0.15) is 0 Å². The maximum absolute atomic E-state index is 12.7. The number of hydrogen-bond acceptors (Lipinski definition) is 4. The van der Waals surface area contributed by atoms with E-state index in [-0.39, 0.29) is 6.04 Å². The smallest absolute Gasteiger partial charge is 0.390 e. The predicted molar refractivity (Wildman–Crippen MR) is 107 cm³/mol. The van der Waals surface area contributed by atoms with E-state index in [1.54, 1.807) is 12.1 Å². The van der Waals surface area contributed by atoms with Gasteiger partial charge in [0, 0.05) is 45.3 Å². The molecule has 158 valence electrons. The van der Waals surface area contributed by atoms with Crippen molar-refractivity contribution in [3.05, 3.63) is 71.3 Å². The Morgan fingerprint density at radius 2 is 1.45 bits per heavy atom. The highest BCUT2D eigenvalue weighted by molar-refractivity contribution is 5.24. The summed E-state index contributed by atoms with van der Waals surface area (Å²) < 4.78 is 38.0. The molecule has 3 N–H and O–H groups in total. The Balaban J connectivity index is 1.42. The Bertz CT molecular complexity index is 744. The van der Waals surface area contributed by atoms with Crippen LogP contribution in [0.4, 0.5) is 13.2 Å². The molecule has 2 unspecified atom stereocenters. The van der Waals surface area contributed by atoms with Crippen molar-refractivity contribution in [1.82, 2.24) is 9.80 Å². The average Bonchev–Trinajstić information content (AvgIpc) is 2.70. The Morgan fingerprint density at radius 3 is 2.03 bits per heavy atom. The summed E-state index contributed by atoms with van der Waals surface area (Å²) in [7, 11) is 0. The van der Waals surface area contributed by atoms with Gasteiger partial charge in [-0.05, 0) is 29.7 Å². The van der Waals surface area contributed by atoms with Crippen LogP contribution in [-0.2, 0) is 19.1 Å². The van der Waals surface area contributed by atoms with Gasteiger partial charge in [-0.2, -0.15) is 13.2 Å². The highest BCUT2D eigenvalue weighted by atomic mass is 19.4. The normalized spacial score (nSPS) is 18.5. The number of β-amino-alcohol motifs (C(OH)–C–C–N with tert-alkyl or cyclic N) is 1. The molecule has 1 aliphatic heterocycles. The first-order valence-corrected chi connectivity index (χ1v) is 9.89. The van der Waals surface area contributed by atoms with Gasteiger partial charge in [0.2, 0.25) is 0 Å². The molecule has 0 bridgehead atoms. The zero-order chi connectivity index (χ0) is 20.9. The summed E-state index contributed by atoms with van der Waals surface area (Å²) in [5, 5.41) is 10.5. The van der Waals surface area contributed by atoms with Gasteiger partial charge in [0.15, 0.2) is 0 Å². The number of aliphatic hydroxyl groups excluding tert-OH is 1. The van der Waals surface area contributed by atoms with E-state index in [9.17, 15) is 18.3 Å². The van der Waals surface area contributed by atoms with E-state index in [2.05, 4.69) is 9.80 Å². The van der Waals surface area contributed by atoms with Crippen LogP contribution in [-0.4, -0.2) is 59.8 Å². The lowest BCUT2D eigenvalue weighted by atomic mass is 10.0. The maximum atomic E-state index is 12.7. The van der Waals surface area contributed by atoms with Crippen molar-refractivity contribution in [2.45, 2.75) is 31.3 Å². The molecular weight excluding hydrogens is 379 g/mol. The number of nitrogens with zero attached hydrogens (tertiary/aromatic N) is 2. The molecule has 1 saturated heterocycles. The first-order chi connectivity index (χ1) is 13.8. The van der Waals surface area contributed by atoms with Crippen LogP contribution in [0.2, 0.25) is 0 Å². The molecule has 2 aromatic carbocycles. The Labute approximate surface area is 169 Å². The minimum absolute atomic E-state index is 0.317.